The van der Waals surface area contributed by atoms with E-state index in [4.69, 9.17) is 0 Å². The standard InChI is InChI=1S/C4H10N2O2/c1-5-3-4(7)6-8-2/h5H,3H2,1-2H3,(H,6,7). The number of hydrogen-bond acceptors (Lipinski definition) is 3. The lowest BCUT2D eigenvalue weighted by Gasteiger charge is -1.97. The Bertz CT molecular complexity index is 66.4. The van der Waals surface area contributed by atoms with Gasteiger partial charge in [-0.3, -0.25) is 9.63 Å². The van der Waals surface area contributed by atoms with Crippen molar-refractivity contribution >= 4 is 5.91 Å². The highest BCUT2D eigenvalue weighted by molar-refractivity contribution is 5.76. The van der Waals surface area contributed by atoms with E-state index in [-0.39, 0.29) is 12.5 Å². The number of nitrogens with one attached hydrogen (secondary N) is 2. The Labute approximate surface area is 48.2 Å². The Balaban J connectivity index is 3.06. The third kappa shape index (κ3) is 3.58. The first-order chi connectivity index (χ1) is 3.81. The zero-order valence-electron chi connectivity index (χ0n) is 5.02. The zero-order chi connectivity index (χ0) is 6.41. The van der Waals surface area contributed by atoms with E-state index in [0.717, 1.165) is 0 Å². The van der Waals surface area contributed by atoms with Gasteiger partial charge in [-0.2, -0.15) is 0 Å². The van der Waals surface area contributed by atoms with Crippen molar-refractivity contribution < 1.29 is 9.63 Å². The second-order valence-electron chi connectivity index (χ2n) is 1.26. The molecule has 0 radical (unpaired) electrons. The molecule has 0 rings (SSSR count). The summed E-state index contributed by atoms with van der Waals surface area (Å²) in [5.41, 5.74) is 2.14. The summed E-state index contributed by atoms with van der Waals surface area (Å²) in [6.45, 7) is 0.286. The van der Waals surface area contributed by atoms with Crippen molar-refractivity contribution in [2.45, 2.75) is 0 Å². The first-order valence-electron chi connectivity index (χ1n) is 2.27. The topological polar surface area (TPSA) is 50.4 Å². The number of carbonyl (C=O) groups is 1. The van der Waals surface area contributed by atoms with Crippen molar-refractivity contribution in [3.63, 3.8) is 0 Å². The third-order valence-corrected chi connectivity index (χ3v) is 0.553. The van der Waals surface area contributed by atoms with Crippen LogP contribution >= 0.6 is 0 Å². The molecular weight excluding hydrogens is 108 g/mol. The normalized spacial score (nSPS) is 8.75. The predicted octanol–water partition coefficient (Wildman–Crippen LogP) is -1.12. The first kappa shape index (κ1) is 7.39. The van der Waals surface area contributed by atoms with Gasteiger partial charge < -0.3 is 5.32 Å². The molecule has 0 aliphatic heterocycles. The van der Waals surface area contributed by atoms with Gasteiger partial charge in [0.2, 0.25) is 0 Å². The van der Waals surface area contributed by atoms with Crippen molar-refractivity contribution in [2.24, 2.45) is 0 Å². The van der Waals surface area contributed by atoms with E-state index in [0.29, 0.717) is 0 Å². The summed E-state index contributed by atoms with van der Waals surface area (Å²) >= 11 is 0. The molecule has 1 amide bonds. The van der Waals surface area contributed by atoms with Gasteiger partial charge in [-0.1, -0.05) is 0 Å². The van der Waals surface area contributed by atoms with Gasteiger partial charge in [0.15, 0.2) is 0 Å². The summed E-state index contributed by atoms with van der Waals surface area (Å²) in [7, 11) is 3.09. The van der Waals surface area contributed by atoms with Crippen molar-refractivity contribution in [1.82, 2.24) is 10.8 Å². The van der Waals surface area contributed by atoms with Crippen LogP contribution in [0, 0.1) is 0 Å². The molecule has 0 aromatic carbocycles. The molecule has 48 valence electrons. The number of hydroxylamine groups is 1. The highest BCUT2D eigenvalue weighted by Gasteiger charge is 1.92. The fourth-order valence-electron chi connectivity index (χ4n) is 0.310. The summed E-state index contributed by atoms with van der Waals surface area (Å²) in [5.74, 6) is -0.171. The fourth-order valence-corrected chi connectivity index (χ4v) is 0.310. The van der Waals surface area contributed by atoms with E-state index in [1.807, 2.05) is 0 Å². The van der Waals surface area contributed by atoms with Crippen LogP contribution in [0.15, 0.2) is 0 Å². The molecule has 0 saturated heterocycles. The molecule has 0 heterocycles. The number of hydrogen-bond donors (Lipinski definition) is 2. The van der Waals surface area contributed by atoms with E-state index in [9.17, 15) is 4.79 Å². The molecule has 0 saturated carbocycles. The summed E-state index contributed by atoms with van der Waals surface area (Å²) in [4.78, 5) is 14.7. The van der Waals surface area contributed by atoms with Gasteiger partial charge in [0.05, 0.1) is 13.7 Å². The Morgan fingerprint density at radius 2 is 2.38 bits per heavy atom. The number of carbonyl (C=O) groups excluding carboxylic acids is 1. The minimum Gasteiger partial charge on any atom is -0.311 e. The molecular formula is C4H10N2O2. The maximum Gasteiger partial charge on any atom is 0.257 e. The lowest BCUT2D eigenvalue weighted by atomic mass is 10.6. The van der Waals surface area contributed by atoms with Gasteiger partial charge in [-0.15, -0.1) is 0 Å². The smallest absolute Gasteiger partial charge is 0.257 e. The molecule has 0 fully saturated rings. The molecule has 0 aliphatic carbocycles. The SMILES string of the molecule is CNCC(=O)NOC. The highest BCUT2D eigenvalue weighted by Crippen LogP contribution is 1.58. The Morgan fingerprint density at radius 3 is 2.75 bits per heavy atom. The van der Waals surface area contributed by atoms with Gasteiger partial charge in [-0.05, 0) is 7.05 Å². The molecule has 0 aromatic rings. The molecule has 0 spiro atoms. The van der Waals surface area contributed by atoms with Gasteiger partial charge in [-0.25, -0.2) is 5.48 Å². The van der Waals surface area contributed by atoms with E-state index in [1.54, 1.807) is 7.05 Å². The van der Waals surface area contributed by atoms with Gasteiger partial charge in [0.1, 0.15) is 0 Å². The van der Waals surface area contributed by atoms with Crippen LogP contribution in [0.2, 0.25) is 0 Å². The molecule has 0 atom stereocenters. The second kappa shape index (κ2) is 4.55. The van der Waals surface area contributed by atoms with Crippen molar-refractivity contribution in [1.29, 1.82) is 0 Å². The van der Waals surface area contributed by atoms with Crippen LogP contribution < -0.4 is 10.8 Å². The summed E-state index contributed by atoms with van der Waals surface area (Å²) < 4.78 is 0. The van der Waals surface area contributed by atoms with Crippen LogP contribution in [0.25, 0.3) is 0 Å². The molecule has 0 bridgehead atoms. The van der Waals surface area contributed by atoms with Crippen LogP contribution in [0.5, 0.6) is 0 Å². The summed E-state index contributed by atoms with van der Waals surface area (Å²) in [5, 5.41) is 2.66. The van der Waals surface area contributed by atoms with Crippen LogP contribution in [0.3, 0.4) is 0 Å². The van der Waals surface area contributed by atoms with Crippen LogP contribution in [0.4, 0.5) is 0 Å². The first-order valence-corrected chi connectivity index (χ1v) is 2.27. The van der Waals surface area contributed by atoms with Crippen molar-refractivity contribution in [3.8, 4) is 0 Å². The monoisotopic (exact) mass is 118 g/mol. The van der Waals surface area contributed by atoms with Crippen molar-refractivity contribution in [2.75, 3.05) is 20.7 Å². The maximum absolute atomic E-state index is 10.3. The van der Waals surface area contributed by atoms with Gasteiger partial charge in [0, 0.05) is 0 Å². The van der Waals surface area contributed by atoms with Gasteiger partial charge >= 0.3 is 0 Å². The second-order valence-corrected chi connectivity index (χ2v) is 1.26. The Hall–Kier alpha value is -0.610. The highest BCUT2D eigenvalue weighted by atomic mass is 16.6. The van der Waals surface area contributed by atoms with Gasteiger partial charge in [0.25, 0.3) is 5.91 Å². The Morgan fingerprint density at radius 1 is 1.75 bits per heavy atom. The molecule has 0 aromatic heterocycles. The minimum atomic E-state index is -0.171. The van der Waals surface area contributed by atoms with E-state index >= 15 is 0 Å². The maximum atomic E-state index is 10.3. The third-order valence-electron chi connectivity index (χ3n) is 0.553. The van der Waals surface area contributed by atoms with E-state index in [1.165, 1.54) is 7.11 Å². The molecule has 2 N–H and O–H groups in total. The molecule has 4 nitrogen and oxygen atoms in total. The Kier molecular flexibility index (Phi) is 4.20. The number of likely N-dealkylation sites (N-methyl/N-ethyl adjacent to an activating group) is 1. The fraction of sp³-hybridized carbons (Fsp3) is 0.750. The van der Waals surface area contributed by atoms with Crippen LogP contribution in [-0.2, 0) is 9.63 Å². The summed E-state index contributed by atoms with van der Waals surface area (Å²) in [6, 6.07) is 0. The quantitative estimate of drug-likeness (QED) is 0.462. The molecule has 0 unspecified atom stereocenters. The molecule has 0 aliphatic rings. The largest absolute Gasteiger partial charge is 0.311 e. The minimum absolute atomic E-state index is 0.171. The summed E-state index contributed by atoms with van der Waals surface area (Å²) in [6.07, 6.45) is 0. The van der Waals surface area contributed by atoms with Crippen LogP contribution in [-0.4, -0.2) is 26.6 Å². The van der Waals surface area contributed by atoms with E-state index < -0.39 is 0 Å². The zero-order valence-corrected chi connectivity index (χ0v) is 5.02. The molecule has 4 heteroatoms. The van der Waals surface area contributed by atoms with Crippen molar-refractivity contribution in [3.05, 3.63) is 0 Å². The number of rotatable bonds is 3. The average molecular weight is 118 g/mol. The lowest BCUT2D eigenvalue weighted by Crippen LogP contribution is -2.31. The van der Waals surface area contributed by atoms with Crippen LogP contribution in [0.1, 0.15) is 0 Å². The lowest BCUT2D eigenvalue weighted by molar-refractivity contribution is -0.130. The predicted molar refractivity (Wildman–Crippen MR) is 29.1 cm³/mol. The number of amides is 1. The molecule has 8 heavy (non-hydrogen) atoms. The van der Waals surface area contributed by atoms with E-state index in [2.05, 4.69) is 15.6 Å². The average Bonchev–Trinajstić information content (AvgIpc) is 1.68.